The molecule has 8 nitrogen and oxygen atoms in total. The summed E-state index contributed by atoms with van der Waals surface area (Å²) in [6.07, 6.45) is 0. The molecule has 0 bridgehead atoms. The van der Waals surface area contributed by atoms with Crippen LogP contribution in [0.1, 0.15) is 0 Å². The first-order valence-corrected chi connectivity index (χ1v) is 7.38. The van der Waals surface area contributed by atoms with Gasteiger partial charge in [0.15, 0.2) is 36.2 Å². The van der Waals surface area contributed by atoms with Crippen LogP contribution in [0.5, 0.6) is 23.0 Å². The Bertz CT molecular complexity index is 790. The van der Waals surface area contributed by atoms with Gasteiger partial charge in [-0.25, -0.2) is 4.79 Å². The maximum atomic E-state index is 11.8. The van der Waals surface area contributed by atoms with Crippen molar-refractivity contribution in [3.63, 3.8) is 0 Å². The zero-order valence-electron chi connectivity index (χ0n) is 13.1. The molecule has 0 radical (unpaired) electrons. The quantitative estimate of drug-likeness (QED) is 0.768. The fourth-order valence-corrected chi connectivity index (χ4v) is 2.07. The summed E-state index contributed by atoms with van der Waals surface area (Å²) >= 11 is 0. The van der Waals surface area contributed by atoms with E-state index < -0.39 is 25.1 Å². The van der Waals surface area contributed by atoms with Crippen LogP contribution in [0.3, 0.4) is 0 Å². The van der Waals surface area contributed by atoms with E-state index in [9.17, 15) is 14.7 Å². The molecule has 0 unspecified atom stereocenters. The predicted molar refractivity (Wildman–Crippen MR) is 85.8 cm³/mol. The van der Waals surface area contributed by atoms with Gasteiger partial charge in [0, 0.05) is 11.8 Å². The first kappa shape index (κ1) is 16.4. The van der Waals surface area contributed by atoms with Crippen molar-refractivity contribution in [1.82, 2.24) is 0 Å². The number of benzene rings is 2. The number of hydrogen-bond acceptors (Lipinski definition) is 7. The van der Waals surface area contributed by atoms with E-state index in [1.54, 1.807) is 30.3 Å². The molecule has 0 atom stereocenters. The second-order valence-corrected chi connectivity index (χ2v) is 5.03. The number of esters is 1. The molecule has 1 amide bonds. The Balaban J connectivity index is 1.42. The third-order valence-electron chi connectivity index (χ3n) is 3.23. The first-order valence-electron chi connectivity index (χ1n) is 7.38. The minimum absolute atomic E-state index is 0.0872. The Kier molecular flexibility index (Phi) is 4.89. The van der Waals surface area contributed by atoms with Crippen LogP contribution in [0.2, 0.25) is 0 Å². The van der Waals surface area contributed by atoms with E-state index in [-0.39, 0.29) is 18.3 Å². The highest BCUT2D eigenvalue weighted by Crippen LogP contribution is 2.34. The number of rotatable bonds is 6. The van der Waals surface area contributed by atoms with Gasteiger partial charge in [-0.05, 0) is 24.3 Å². The molecule has 0 aliphatic carbocycles. The SMILES string of the molecule is O=C(COC(=O)COc1ccccc1O)Nc1ccc2c(c1)OCO2. The van der Waals surface area contributed by atoms with E-state index in [0.717, 1.165) is 0 Å². The molecule has 1 heterocycles. The first-order chi connectivity index (χ1) is 12.1. The number of hydrogen-bond donors (Lipinski definition) is 2. The number of aromatic hydroxyl groups is 1. The molecule has 2 N–H and O–H groups in total. The Labute approximate surface area is 142 Å². The minimum atomic E-state index is -0.732. The van der Waals surface area contributed by atoms with Crippen LogP contribution in [-0.2, 0) is 14.3 Å². The van der Waals surface area contributed by atoms with E-state index in [1.807, 2.05) is 0 Å². The maximum Gasteiger partial charge on any atom is 0.344 e. The summed E-state index contributed by atoms with van der Waals surface area (Å²) in [5.74, 6) is -0.0319. The number of amides is 1. The fraction of sp³-hybridized carbons (Fsp3) is 0.176. The van der Waals surface area contributed by atoms with Gasteiger partial charge in [-0.15, -0.1) is 0 Å². The highest BCUT2D eigenvalue weighted by Gasteiger charge is 2.15. The Morgan fingerprint density at radius 3 is 2.72 bits per heavy atom. The van der Waals surface area contributed by atoms with Crippen molar-refractivity contribution in [2.75, 3.05) is 25.3 Å². The highest BCUT2D eigenvalue weighted by atomic mass is 16.7. The molecule has 2 aromatic carbocycles. The van der Waals surface area contributed by atoms with Crippen molar-refractivity contribution in [3.8, 4) is 23.0 Å². The monoisotopic (exact) mass is 345 g/mol. The molecule has 8 heteroatoms. The Hall–Kier alpha value is -3.42. The van der Waals surface area contributed by atoms with Crippen LogP contribution in [0.25, 0.3) is 0 Å². The number of carbonyl (C=O) groups excluding carboxylic acids is 2. The normalized spacial score (nSPS) is 11.7. The topological polar surface area (TPSA) is 103 Å². The van der Waals surface area contributed by atoms with E-state index in [4.69, 9.17) is 18.9 Å². The molecule has 1 aliphatic heterocycles. The molecule has 130 valence electrons. The molecule has 0 fully saturated rings. The van der Waals surface area contributed by atoms with Crippen LogP contribution >= 0.6 is 0 Å². The van der Waals surface area contributed by atoms with Gasteiger partial charge in [0.1, 0.15) is 0 Å². The van der Waals surface area contributed by atoms with Crippen molar-refractivity contribution in [3.05, 3.63) is 42.5 Å². The molecule has 3 rings (SSSR count). The lowest BCUT2D eigenvalue weighted by atomic mass is 10.3. The molecular weight excluding hydrogens is 330 g/mol. The summed E-state index contributed by atoms with van der Waals surface area (Å²) in [7, 11) is 0. The van der Waals surface area contributed by atoms with Gasteiger partial charge >= 0.3 is 5.97 Å². The number of para-hydroxylation sites is 2. The zero-order valence-corrected chi connectivity index (χ0v) is 13.1. The lowest BCUT2D eigenvalue weighted by Crippen LogP contribution is -2.23. The summed E-state index contributed by atoms with van der Waals surface area (Å²) in [4.78, 5) is 23.4. The molecule has 0 saturated carbocycles. The largest absolute Gasteiger partial charge is 0.504 e. The predicted octanol–water partition coefficient (Wildman–Crippen LogP) is 1.68. The van der Waals surface area contributed by atoms with Crippen molar-refractivity contribution in [2.45, 2.75) is 0 Å². The molecule has 25 heavy (non-hydrogen) atoms. The van der Waals surface area contributed by atoms with Crippen molar-refractivity contribution >= 4 is 17.6 Å². The van der Waals surface area contributed by atoms with Gasteiger partial charge in [-0.1, -0.05) is 12.1 Å². The number of anilines is 1. The number of phenols is 1. The summed E-state index contributed by atoms with van der Waals surface area (Å²) in [6.45, 7) is -0.742. The van der Waals surface area contributed by atoms with E-state index in [2.05, 4.69) is 5.32 Å². The standard InChI is InChI=1S/C17H15NO7/c19-12-3-1-2-4-13(12)22-9-17(21)23-8-16(20)18-11-5-6-14-15(7-11)25-10-24-14/h1-7,19H,8-10H2,(H,18,20). The van der Waals surface area contributed by atoms with E-state index in [1.165, 1.54) is 12.1 Å². The minimum Gasteiger partial charge on any atom is -0.504 e. The summed E-state index contributed by atoms with van der Waals surface area (Å²) in [6, 6.07) is 11.1. The maximum absolute atomic E-state index is 11.8. The number of phenolic OH excluding ortho intramolecular Hbond substituents is 1. The third-order valence-corrected chi connectivity index (χ3v) is 3.23. The summed E-state index contributed by atoms with van der Waals surface area (Å²) in [5, 5.41) is 12.1. The van der Waals surface area contributed by atoms with Gasteiger partial charge in [-0.3, -0.25) is 4.79 Å². The lowest BCUT2D eigenvalue weighted by Gasteiger charge is -2.09. The van der Waals surface area contributed by atoms with Crippen LogP contribution in [0, 0.1) is 0 Å². The fourth-order valence-electron chi connectivity index (χ4n) is 2.07. The van der Waals surface area contributed by atoms with Gasteiger partial charge in [0.2, 0.25) is 6.79 Å². The number of fused-ring (bicyclic) bond motifs is 1. The lowest BCUT2D eigenvalue weighted by molar-refractivity contribution is -0.149. The molecule has 2 aromatic rings. The summed E-state index contributed by atoms with van der Waals surface area (Å²) in [5.41, 5.74) is 0.496. The number of nitrogens with one attached hydrogen (secondary N) is 1. The Morgan fingerprint density at radius 2 is 1.88 bits per heavy atom. The van der Waals surface area contributed by atoms with Crippen molar-refractivity contribution < 1.29 is 33.6 Å². The van der Waals surface area contributed by atoms with E-state index in [0.29, 0.717) is 17.2 Å². The average molecular weight is 345 g/mol. The van der Waals surface area contributed by atoms with Crippen LogP contribution in [0.15, 0.2) is 42.5 Å². The zero-order chi connectivity index (χ0) is 17.6. The second kappa shape index (κ2) is 7.43. The Morgan fingerprint density at radius 1 is 1.08 bits per heavy atom. The van der Waals surface area contributed by atoms with Gasteiger partial charge in [0.25, 0.3) is 5.91 Å². The second-order valence-electron chi connectivity index (χ2n) is 5.03. The van der Waals surface area contributed by atoms with Gasteiger partial charge in [-0.2, -0.15) is 0 Å². The van der Waals surface area contributed by atoms with E-state index >= 15 is 0 Å². The van der Waals surface area contributed by atoms with Crippen LogP contribution in [-0.4, -0.2) is 37.0 Å². The molecule has 0 spiro atoms. The third kappa shape index (κ3) is 4.31. The average Bonchev–Trinajstić information content (AvgIpc) is 3.07. The van der Waals surface area contributed by atoms with Gasteiger partial charge < -0.3 is 29.4 Å². The number of ether oxygens (including phenoxy) is 4. The summed E-state index contributed by atoms with van der Waals surface area (Å²) < 4.78 is 20.3. The molecule has 1 aliphatic rings. The highest BCUT2D eigenvalue weighted by molar-refractivity contribution is 5.93. The van der Waals surface area contributed by atoms with Crippen LogP contribution in [0.4, 0.5) is 5.69 Å². The molecular formula is C17H15NO7. The van der Waals surface area contributed by atoms with Crippen molar-refractivity contribution in [2.24, 2.45) is 0 Å². The van der Waals surface area contributed by atoms with Gasteiger partial charge in [0.05, 0.1) is 0 Å². The van der Waals surface area contributed by atoms with Crippen molar-refractivity contribution in [1.29, 1.82) is 0 Å². The molecule has 0 aromatic heterocycles. The van der Waals surface area contributed by atoms with Crippen LogP contribution < -0.4 is 19.5 Å². The smallest absolute Gasteiger partial charge is 0.344 e. The molecule has 0 saturated heterocycles. The number of carbonyl (C=O) groups is 2.